The van der Waals surface area contributed by atoms with E-state index in [2.05, 4.69) is 0 Å². The summed E-state index contributed by atoms with van der Waals surface area (Å²) < 4.78 is 10.6. The summed E-state index contributed by atoms with van der Waals surface area (Å²) in [5.41, 5.74) is 7.96. The lowest BCUT2D eigenvalue weighted by atomic mass is 10.1. The minimum atomic E-state index is -0.00972. The van der Waals surface area contributed by atoms with E-state index in [1.165, 1.54) is 0 Å². The number of aryl methyl sites for hydroxylation is 1. The van der Waals surface area contributed by atoms with E-state index in [9.17, 15) is 0 Å². The standard InChI is InChI=1S/C10H13NO2/c1-6-3-10-7(4-9(6)12-2)8(11)5-13-10/h3-4,8H,5,11H2,1-2H3/t8-/m1/s1. The third-order valence-corrected chi connectivity index (χ3v) is 2.35. The van der Waals surface area contributed by atoms with Gasteiger partial charge in [0.2, 0.25) is 0 Å². The molecule has 0 fully saturated rings. The van der Waals surface area contributed by atoms with Crippen molar-refractivity contribution in [2.24, 2.45) is 5.73 Å². The molecule has 13 heavy (non-hydrogen) atoms. The number of hydrogen-bond donors (Lipinski definition) is 1. The number of methoxy groups -OCH3 is 1. The number of benzene rings is 1. The first kappa shape index (κ1) is 8.38. The molecule has 2 N–H and O–H groups in total. The van der Waals surface area contributed by atoms with Crippen molar-refractivity contribution in [3.05, 3.63) is 23.3 Å². The topological polar surface area (TPSA) is 44.5 Å². The Kier molecular flexibility index (Phi) is 1.88. The molecule has 0 saturated heterocycles. The molecule has 0 radical (unpaired) electrons. The largest absolute Gasteiger partial charge is 0.496 e. The predicted molar refractivity (Wildman–Crippen MR) is 50.2 cm³/mol. The molecule has 0 amide bonds. The molecule has 0 spiro atoms. The second kappa shape index (κ2) is 2.92. The summed E-state index contributed by atoms with van der Waals surface area (Å²) in [7, 11) is 1.66. The number of nitrogens with two attached hydrogens (primary N) is 1. The Morgan fingerprint density at radius 2 is 2.31 bits per heavy atom. The molecule has 0 unspecified atom stereocenters. The minimum Gasteiger partial charge on any atom is -0.496 e. The molecular weight excluding hydrogens is 166 g/mol. The van der Waals surface area contributed by atoms with E-state index in [1.54, 1.807) is 7.11 Å². The molecule has 2 rings (SSSR count). The molecule has 1 aliphatic heterocycles. The average molecular weight is 179 g/mol. The summed E-state index contributed by atoms with van der Waals surface area (Å²) in [6, 6.07) is 3.92. The van der Waals surface area contributed by atoms with Crippen LogP contribution in [0, 0.1) is 6.92 Å². The SMILES string of the molecule is COc1cc2c(cc1C)OC[C@H]2N. The lowest BCUT2D eigenvalue weighted by molar-refractivity contribution is 0.333. The second-order valence-corrected chi connectivity index (χ2v) is 3.28. The zero-order chi connectivity index (χ0) is 9.42. The Bertz CT molecular complexity index is 336. The summed E-state index contributed by atoms with van der Waals surface area (Å²) in [6.45, 7) is 2.56. The Hall–Kier alpha value is -1.22. The smallest absolute Gasteiger partial charge is 0.124 e. The van der Waals surface area contributed by atoms with Crippen molar-refractivity contribution in [1.29, 1.82) is 0 Å². The molecule has 0 aliphatic carbocycles. The van der Waals surface area contributed by atoms with Crippen molar-refractivity contribution < 1.29 is 9.47 Å². The van der Waals surface area contributed by atoms with Crippen LogP contribution in [0.4, 0.5) is 0 Å². The molecule has 1 aromatic carbocycles. The van der Waals surface area contributed by atoms with Gasteiger partial charge in [-0.2, -0.15) is 0 Å². The van der Waals surface area contributed by atoms with Gasteiger partial charge in [-0.15, -0.1) is 0 Å². The van der Waals surface area contributed by atoms with Crippen LogP contribution in [0.15, 0.2) is 12.1 Å². The van der Waals surface area contributed by atoms with Gasteiger partial charge in [0.1, 0.15) is 18.1 Å². The molecule has 1 atom stereocenters. The van der Waals surface area contributed by atoms with Gasteiger partial charge >= 0.3 is 0 Å². The second-order valence-electron chi connectivity index (χ2n) is 3.28. The van der Waals surface area contributed by atoms with Crippen molar-refractivity contribution in [2.75, 3.05) is 13.7 Å². The minimum absolute atomic E-state index is 0.00972. The molecule has 3 nitrogen and oxygen atoms in total. The first-order chi connectivity index (χ1) is 6.22. The van der Waals surface area contributed by atoms with Crippen LogP contribution < -0.4 is 15.2 Å². The molecule has 3 heteroatoms. The van der Waals surface area contributed by atoms with Crippen LogP contribution in [-0.2, 0) is 0 Å². The van der Waals surface area contributed by atoms with Crippen LogP contribution in [0.2, 0.25) is 0 Å². The van der Waals surface area contributed by atoms with Gasteiger partial charge < -0.3 is 15.2 Å². The molecule has 1 heterocycles. The summed E-state index contributed by atoms with van der Waals surface area (Å²) in [5, 5.41) is 0. The fraction of sp³-hybridized carbons (Fsp3) is 0.400. The van der Waals surface area contributed by atoms with E-state index in [-0.39, 0.29) is 6.04 Å². The van der Waals surface area contributed by atoms with Gasteiger partial charge in [-0.05, 0) is 24.6 Å². The van der Waals surface area contributed by atoms with E-state index >= 15 is 0 Å². The highest BCUT2D eigenvalue weighted by Gasteiger charge is 2.21. The highest BCUT2D eigenvalue weighted by Crippen LogP contribution is 2.35. The van der Waals surface area contributed by atoms with Gasteiger partial charge in [0.05, 0.1) is 13.2 Å². The van der Waals surface area contributed by atoms with Crippen LogP contribution >= 0.6 is 0 Å². The Labute approximate surface area is 77.5 Å². The maximum Gasteiger partial charge on any atom is 0.124 e. The van der Waals surface area contributed by atoms with Crippen LogP contribution in [0.3, 0.4) is 0 Å². The van der Waals surface area contributed by atoms with Gasteiger partial charge in [-0.3, -0.25) is 0 Å². The lowest BCUT2D eigenvalue weighted by Crippen LogP contribution is -2.10. The van der Waals surface area contributed by atoms with Crippen LogP contribution in [0.25, 0.3) is 0 Å². The zero-order valence-electron chi connectivity index (χ0n) is 7.83. The average Bonchev–Trinajstić information content (AvgIpc) is 2.46. The summed E-state index contributed by atoms with van der Waals surface area (Å²) in [5.74, 6) is 1.77. The van der Waals surface area contributed by atoms with Gasteiger partial charge in [0.15, 0.2) is 0 Å². The molecular formula is C10H13NO2. The van der Waals surface area contributed by atoms with E-state index in [4.69, 9.17) is 15.2 Å². The number of fused-ring (bicyclic) bond motifs is 1. The third kappa shape index (κ3) is 1.25. The van der Waals surface area contributed by atoms with Gasteiger partial charge in [0.25, 0.3) is 0 Å². The molecule has 70 valence electrons. The first-order valence-corrected chi connectivity index (χ1v) is 4.29. The Morgan fingerprint density at radius 1 is 1.54 bits per heavy atom. The number of ether oxygens (including phenoxy) is 2. The van der Waals surface area contributed by atoms with Crippen LogP contribution in [-0.4, -0.2) is 13.7 Å². The normalized spacial score (nSPS) is 19.5. The molecule has 1 aliphatic rings. The van der Waals surface area contributed by atoms with Crippen molar-refractivity contribution in [2.45, 2.75) is 13.0 Å². The maximum atomic E-state index is 5.84. The maximum absolute atomic E-state index is 5.84. The fourth-order valence-corrected chi connectivity index (χ4v) is 1.58. The van der Waals surface area contributed by atoms with E-state index < -0.39 is 0 Å². The number of hydrogen-bond acceptors (Lipinski definition) is 3. The number of rotatable bonds is 1. The first-order valence-electron chi connectivity index (χ1n) is 4.29. The summed E-state index contributed by atoms with van der Waals surface area (Å²) in [4.78, 5) is 0. The Morgan fingerprint density at radius 3 is 3.00 bits per heavy atom. The van der Waals surface area contributed by atoms with Crippen LogP contribution in [0.1, 0.15) is 17.2 Å². The highest BCUT2D eigenvalue weighted by atomic mass is 16.5. The zero-order valence-corrected chi connectivity index (χ0v) is 7.83. The van der Waals surface area contributed by atoms with E-state index in [1.807, 2.05) is 19.1 Å². The predicted octanol–water partition coefficient (Wildman–Crippen LogP) is 1.40. The lowest BCUT2D eigenvalue weighted by Gasteiger charge is -2.07. The van der Waals surface area contributed by atoms with Crippen molar-refractivity contribution in [1.82, 2.24) is 0 Å². The monoisotopic (exact) mass is 179 g/mol. The molecule has 0 saturated carbocycles. The molecule has 1 aromatic rings. The van der Waals surface area contributed by atoms with Gasteiger partial charge in [-0.25, -0.2) is 0 Å². The summed E-state index contributed by atoms with van der Waals surface area (Å²) in [6.07, 6.45) is 0. The summed E-state index contributed by atoms with van der Waals surface area (Å²) >= 11 is 0. The van der Waals surface area contributed by atoms with E-state index in [0.717, 1.165) is 22.6 Å². The van der Waals surface area contributed by atoms with Crippen molar-refractivity contribution >= 4 is 0 Å². The van der Waals surface area contributed by atoms with Crippen molar-refractivity contribution in [3.63, 3.8) is 0 Å². The van der Waals surface area contributed by atoms with Gasteiger partial charge in [-0.1, -0.05) is 0 Å². The molecule has 0 aromatic heterocycles. The highest BCUT2D eigenvalue weighted by molar-refractivity contribution is 5.49. The fourth-order valence-electron chi connectivity index (χ4n) is 1.58. The third-order valence-electron chi connectivity index (χ3n) is 2.35. The van der Waals surface area contributed by atoms with Crippen molar-refractivity contribution in [3.8, 4) is 11.5 Å². The van der Waals surface area contributed by atoms with Gasteiger partial charge in [0, 0.05) is 5.56 Å². The van der Waals surface area contributed by atoms with Crippen LogP contribution in [0.5, 0.6) is 11.5 Å². The van der Waals surface area contributed by atoms with E-state index in [0.29, 0.717) is 6.61 Å². The quantitative estimate of drug-likeness (QED) is 0.708. The Balaban J connectivity index is 2.51. The molecule has 0 bridgehead atoms.